The first-order chi connectivity index (χ1) is 7.72. The largest absolute Gasteiger partial charge is 0.461 e. The highest BCUT2D eigenvalue weighted by Gasteiger charge is 2.17. The van der Waals surface area contributed by atoms with Gasteiger partial charge >= 0.3 is 5.97 Å². The Morgan fingerprint density at radius 1 is 1.44 bits per heavy atom. The van der Waals surface area contributed by atoms with Crippen molar-refractivity contribution in [2.45, 2.75) is 19.0 Å². The Morgan fingerprint density at radius 2 is 2.19 bits per heavy atom. The highest BCUT2D eigenvalue weighted by atomic mass is 32.2. The molecule has 1 aromatic rings. The second-order valence-electron chi connectivity index (χ2n) is 2.75. The van der Waals surface area contributed by atoms with Gasteiger partial charge < -0.3 is 10.1 Å². The first kappa shape index (κ1) is 12.7. The summed E-state index contributed by atoms with van der Waals surface area (Å²) in [6.07, 6.45) is 1.84. The van der Waals surface area contributed by atoms with E-state index in [2.05, 4.69) is 20.5 Å². The molecule has 1 N–H and O–H groups in total. The van der Waals surface area contributed by atoms with Crippen molar-refractivity contribution in [3.05, 3.63) is 5.69 Å². The lowest BCUT2D eigenvalue weighted by Crippen LogP contribution is -2.15. The number of anilines is 1. The van der Waals surface area contributed by atoms with Gasteiger partial charge in [0.2, 0.25) is 10.9 Å². The van der Waals surface area contributed by atoms with Gasteiger partial charge in [0, 0.05) is 6.54 Å². The molecule has 7 heteroatoms. The summed E-state index contributed by atoms with van der Waals surface area (Å²) in [7, 11) is 0. The number of nitrogens with zero attached hydrogens (tertiary/aromatic N) is 3. The summed E-state index contributed by atoms with van der Waals surface area (Å²) in [5.74, 6) is -0.0913. The summed E-state index contributed by atoms with van der Waals surface area (Å²) in [6, 6.07) is 0. The van der Waals surface area contributed by atoms with Gasteiger partial charge in [0.1, 0.15) is 0 Å². The van der Waals surface area contributed by atoms with Gasteiger partial charge in [0.05, 0.1) is 6.61 Å². The third kappa shape index (κ3) is 3.06. The highest BCUT2D eigenvalue weighted by molar-refractivity contribution is 7.98. The van der Waals surface area contributed by atoms with E-state index in [0.717, 1.165) is 0 Å². The smallest absolute Gasteiger partial charge is 0.362 e. The van der Waals surface area contributed by atoms with Gasteiger partial charge in [-0.3, -0.25) is 0 Å². The third-order valence-electron chi connectivity index (χ3n) is 1.66. The fourth-order valence-corrected chi connectivity index (χ4v) is 1.33. The van der Waals surface area contributed by atoms with Crippen LogP contribution >= 0.6 is 11.8 Å². The van der Waals surface area contributed by atoms with Crippen molar-refractivity contribution < 1.29 is 9.53 Å². The van der Waals surface area contributed by atoms with E-state index in [9.17, 15) is 4.79 Å². The summed E-state index contributed by atoms with van der Waals surface area (Å²) in [4.78, 5) is 15.7. The average molecular weight is 242 g/mol. The molecule has 0 unspecified atom stereocenters. The lowest BCUT2D eigenvalue weighted by Gasteiger charge is -2.07. The van der Waals surface area contributed by atoms with Crippen LogP contribution in [0.5, 0.6) is 0 Å². The van der Waals surface area contributed by atoms with Crippen LogP contribution in [0.3, 0.4) is 0 Å². The molecule has 0 saturated heterocycles. The first-order valence-electron chi connectivity index (χ1n) is 4.92. The summed E-state index contributed by atoms with van der Waals surface area (Å²) in [5.41, 5.74) is 0.126. The zero-order valence-electron chi connectivity index (χ0n) is 9.48. The molecule has 0 aliphatic carbocycles. The molecule has 1 rings (SSSR count). The van der Waals surface area contributed by atoms with E-state index in [4.69, 9.17) is 4.74 Å². The van der Waals surface area contributed by atoms with Crippen LogP contribution in [0.1, 0.15) is 24.3 Å². The summed E-state index contributed by atoms with van der Waals surface area (Å²) >= 11 is 1.37. The van der Waals surface area contributed by atoms with Crippen molar-refractivity contribution in [2.24, 2.45) is 0 Å². The third-order valence-corrected chi connectivity index (χ3v) is 2.20. The molecular formula is C9H14N4O2S. The number of rotatable bonds is 5. The molecule has 0 fully saturated rings. The van der Waals surface area contributed by atoms with Crippen molar-refractivity contribution in [1.82, 2.24) is 15.2 Å². The van der Waals surface area contributed by atoms with E-state index in [1.165, 1.54) is 11.8 Å². The molecule has 0 saturated carbocycles. The van der Waals surface area contributed by atoms with Crippen molar-refractivity contribution in [3.63, 3.8) is 0 Å². The molecule has 0 amide bonds. The van der Waals surface area contributed by atoms with Crippen molar-refractivity contribution in [1.29, 1.82) is 0 Å². The summed E-state index contributed by atoms with van der Waals surface area (Å²) < 4.78 is 4.86. The molecule has 0 bridgehead atoms. The fourth-order valence-electron chi connectivity index (χ4n) is 1.03. The number of carbonyl (C=O) groups is 1. The maximum atomic E-state index is 11.5. The molecule has 0 aliphatic heterocycles. The zero-order chi connectivity index (χ0) is 12.0. The summed E-state index contributed by atoms with van der Waals surface area (Å²) in [5, 5.41) is 11.1. The predicted octanol–water partition coefficient (Wildman–Crippen LogP) is 1.20. The predicted molar refractivity (Wildman–Crippen MR) is 61.7 cm³/mol. The molecule has 0 radical (unpaired) electrons. The van der Waals surface area contributed by atoms with Gasteiger partial charge in [-0.2, -0.15) is 0 Å². The number of esters is 1. The van der Waals surface area contributed by atoms with Crippen molar-refractivity contribution in [2.75, 3.05) is 24.7 Å². The Hall–Kier alpha value is -1.37. The Balaban J connectivity index is 3.01. The highest BCUT2D eigenvalue weighted by Crippen LogP contribution is 2.14. The number of carbonyl (C=O) groups excluding carboxylic acids is 1. The molecular weight excluding hydrogens is 228 g/mol. The van der Waals surface area contributed by atoms with E-state index in [0.29, 0.717) is 24.1 Å². The SMILES string of the molecule is CCNc1nc(SC)nnc1C(=O)OCC. The van der Waals surface area contributed by atoms with E-state index in [1.807, 2.05) is 13.2 Å². The van der Waals surface area contributed by atoms with Crippen LogP contribution in [0.4, 0.5) is 5.82 Å². The molecule has 1 heterocycles. The molecule has 0 aliphatic rings. The Labute approximate surface area is 98.2 Å². The van der Waals surface area contributed by atoms with E-state index < -0.39 is 5.97 Å². The van der Waals surface area contributed by atoms with E-state index in [1.54, 1.807) is 6.92 Å². The summed E-state index contributed by atoms with van der Waals surface area (Å²) in [6.45, 7) is 4.60. The number of ether oxygens (including phenoxy) is 1. The fraction of sp³-hybridized carbons (Fsp3) is 0.556. The van der Waals surface area contributed by atoms with E-state index in [-0.39, 0.29) is 5.69 Å². The van der Waals surface area contributed by atoms with Gasteiger partial charge in [0.25, 0.3) is 0 Å². The van der Waals surface area contributed by atoms with Gasteiger partial charge in [-0.15, -0.1) is 10.2 Å². The second kappa shape index (κ2) is 6.26. The molecule has 0 atom stereocenters. The van der Waals surface area contributed by atoms with E-state index >= 15 is 0 Å². The quantitative estimate of drug-likeness (QED) is 0.614. The van der Waals surface area contributed by atoms with Crippen LogP contribution in [0.2, 0.25) is 0 Å². The number of hydrogen-bond donors (Lipinski definition) is 1. The lowest BCUT2D eigenvalue weighted by atomic mass is 10.4. The van der Waals surface area contributed by atoms with Crippen molar-refractivity contribution >= 4 is 23.5 Å². The standard InChI is InChI=1S/C9H14N4O2S/c1-4-10-7-6(8(14)15-5-2)12-13-9(11-7)16-3/h4-5H2,1-3H3,(H,10,11,13). The molecule has 6 nitrogen and oxygen atoms in total. The van der Waals surface area contributed by atoms with Crippen LogP contribution < -0.4 is 5.32 Å². The van der Waals surface area contributed by atoms with Gasteiger partial charge in [-0.1, -0.05) is 11.8 Å². The van der Waals surface area contributed by atoms with Gasteiger partial charge in [0.15, 0.2) is 5.82 Å². The average Bonchev–Trinajstić information content (AvgIpc) is 2.29. The Kier molecular flexibility index (Phi) is 4.97. The Bertz CT molecular complexity index is 373. The first-order valence-corrected chi connectivity index (χ1v) is 6.15. The Morgan fingerprint density at radius 3 is 2.75 bits per heavy atom. The molecule has 88 valence electrons. The minimum Gasteiger partial charge on any atom is -0.461 e. The van der Waals surface area contributed by atoms with Gasteiger partial charge in [-0.25, -0.2) is 9.78 Å². The van der Waals surface area contributed by atoms with Gasteiger partial charge in [-0.05, 0) is 20.1 Å². The molecule has 1 aromatic heterocycles. The molecule has 16 heavy (non-hydrogen) atoms. The minimum atomic E-state index is -0.508. The van der Waals surface area contributed by atoms with Crippen LogP contribution in [0.25, 0.3) is 0 Å². The minimum absolute atomic E-state index is 0.126. The number of aromatic nitrogens is 3. The molecule has 0 spiro atoms. The van der Waals surface area contributed by atoms with Crippen LogP contribution in [-0.2, 0) is 4.74 Å². The maximum Gasteiger partial charge on any atom is 0.362 e. The number of hydrogen-bond acceptors (Lipinski definition) is 7. The number of nitrogens with one attached hydrogen (secondary N) is 1. The normalized spacial score (nSPS) is 9.94. The van der Waals surface area contributed by atoms with Crippen molar-refractivity contribution in [3.8, 4) is 0 Å². The maximum absolute atomic E-state index is 11.5. The lowest BCUT2D eigenvalue weighted by molar-refractivity contribution is 0.0518. The topological polar surface area (TPSA) is 77.0 Å². The zero-order valence-corrected chi connectivity index (χ0v) is 10.3. The second-order valence-corrected chi connectivity index (χ2v) is 3.52. The number of thioether (sulfide) groups is 1. The van der Waals surface area contributed by atoms with Crippen LogP contribution in [0, 0.1) is 0 Å². The van der Waals surface area contributed by atoms with Crippen LogP contribution in [0.15, 0.2) is 5.16 Å². The molecule has 0 aromatic carbocycles. The monoisotopic (exact) mass is 242 g/mol. The van der Waals surface area contributed by atoms with Crippen LogP contribution in [-0.4, -0.2) is 40.6 Å².